The summed E-state index contributed by atoms with van der Waals surface area (Å²) < 4.78 is 13.2. The molecular weight excluding hydrogens is 153 g/mol. The van der Waals surface area contributed by atoms with E-state index in [0.717, 1.165) is 13.0 Å². The van der Waals surface area contributed by atoms with Crippen molar-refractivity contribution in [2.24, 2.45) is 0 Å². The van der Waals surface area contributed by atoms with Crippen LogP contribution in [0.1, 0.15) is 6.42 Å². The Morgan fingerprint density at radius 1 is 1.25 bits per heavy atom. The minimum Gasteiger partial charge on any atom is -0.346 e. The standard InChI is InChI=1S/C10H10FN/c11-9-5-1-2-6-10(9)12-7-3-4-8-12/h1-3,5-7H,4,8H2. The Balaban J connectivity index is 2.33. The van der Waals surface area contributed by atoms with E-state index in [1.165, 1.54) is 6.07 Å². The fourth-order valence-corrected chi connectivity index (χ4v) is 1.38. The van der Waals surface area contributed by atoms with Crippen molar-refractivity contribution in [3.05, 3.63) is 42.4 Å². The highest BCUT2D eigenvalue weighted by Gasteiger charge is 2.09. The van der Waals surface area contributed by atoms with Gasteiger partial charge in [0, 0.05) is 12.7 Å². The number of benzene rings is 1. The molecule has 1 aliphatic heterocycles. The molecule has 0 bridgehead atoms. The normalized spacial score (nSPS) is 15.6. The summed E-state index contributed by atoms with van der Waals surface area (Å²) in [6, 6.07) is 6.84. The number of halogens is 1. The first-order chi connectivity index (χ1) is 5.88. The van der Waals surface area contributed by atoms with Gasteiger partial charge < -0.3 is 4.90 Å². The van der Waals surface area contributed by atoms with E-state index in [0.29, 0.717) is 5.69 Å². The van der Waals surface area contributed by atoms with Gasteiger partial charge in [0.25, 0.3) is 0 Å². The third-order valence-electron chi connectivity index (χ3n) is 1.98. The zero-order chi connectivity index (χ0) is 8.39. The van der Waals surface area contributed by atoms with E-state index < -0.39 is 0 Å². The Morgan fingerprint density at radius 3 is 2.75 bits per heavy atom. The van der Waals surface area contributed by atoms with Crippen molar-refractivity contribution >= 4 is 5.69 Å². The number of para-hydroxylation sites is 1. The SMILES string of the molecule is Fc1ccccc1N1C=CCC1. The molecule has 0 unspecified atom stereocenters. The molecule has 1 aliphatic rings. The molecule has 0 N–H and O–H groups in total. The smallest absolute Gasteiger partial charge is 0.146 e. The molecule has 0 amide bonds. The maximum atomic E-state index is 13.2. The number of nitrogens with zero attached hydrogens (tertiary/aromatic N) is 1. The van der Waals surface area contributed by atoms with Gasteiger partial charge in [-0.25, -0.2) is 4.39 Å². The first-order valence-corrected chi connectivity index (χ1v) is 4.06. The molecule has 1 nitrogen and oxygen atoms in total. The Bertz CT molecular complexity index is 306. The molecule has 0 spiro atoms. The Hall–Kier alpha value is -1.31. The number of anilines is 1. The fourth-order valence-electron chi connectivity index (χ4n) is 1.38. The zero-order valence-corrected chi connectivity index (χ0v) is 6.70. The zero-order valence-electron chi connectivity index (χ0n) is 6.70. The summed E-state index contributed by atoms with van der Waals surface area (Å²) in [5, 5.41) is 0. The van der Waals surface area contributed by atoms with Crippen LogP contribution in [0, 0.1) is 5.82 Å². The van der Waals surface area contributed by atoms with Gasteiger partial charge in [-0.3, -0.25) is 0 Å². The maximum Gasteiger partial charge on any atom is 0.146 e. The summed E-state index contributed by atoms with van der Waals surface area (Å²) in [6.45, 7) is 0.890. The van der Waals surface area contributed by atoms with Crippen LogP contribution < -0.4 is 4.90 Å². The first kappa shape index (κ1) is 7.35. The second-order valence-corrected chi connectivity index (χ2v) is 2.82. The highest BCUT2D eigenvalue weighted by atomic mass is 19.1. The molecule has 0 atom stereocenters. The summed E-state index contributed by atoms with van der Waals surface area (Å²) in [5.41, 5.74) is 0.672. The summed E-state index contributed by atoms with van der Waals surface area (Å²) in [7, 11) is 0. The fraction of sp³-hybridized carbons (Fsp3) is 0.200. The average Bonchev–Trinajstić information content (AvgIpc) is 2.57. The largest absolute Gasteiger partial charge is 0.346 e. The molecule has 0 fully saturated rings. The van der Waals surface area contributed by atoms with Gasteiger partial charge in [-0.15, -0.1) is 0 Å². The lowest BCUT2D eigenvalue weighted by atomic mass is 10.3. The van der Waals surface area contributed by atoms with Crippen molar-refractivity contribution in [2.75, 3.05) is 11.4 Å². The van der Waals surface area contributed by atoms with Crippen molar-refractivity contribution in [3.63, 3.8) is 0 Å². The van der Waals surface area contributed by atoms with Crippen LogP contribution in [0.3, 0.4) is 0 Å². The second-order valence-electron chi connectivity index (χ2n) is 2.82. The summed E-state index contributed by atoms with van der Waals surface area (Å²) in [6.07, 6.45) is 4.99. The van der Waals surface area contributed by atoms with Gasteiger partial charge in [0.15, 0.2) is 0 Å². The van der Waals surface area contributed by atoms with Crippen LogP contribution in [0.15, 0.2) is 36.5 Å². The van der Waals surface area contributed by atoms with Crippen molar-refractivity contribution in [1.29, 1.82) is 0 Å². The van der Waals surface area contributed by atoms with Crippen LogP contribution in [0.25, 0.3) is 0 Å². The molecule has 62 valence electrons. The molecule has 1 heterocycles. The van der Waals surface area contributed by atoms with E-state index >= 15 is 0 Å². The predicted molar refractivity (Wildman–Crippen MR) is 47.5 cm³/mol. The first-order valence-electron chi connectivity index (χ1n) is 4.06. The Morgan fingerprint density at radius 2 is 2.08 bits per heavy atom. The van der Waals surface area contributed by atoms with E-state index in [-0.39, 0.29) is 5.82 Å². The van der Waals surface area contributed by atoms with Crippen LogP contribution in [-0.2, 0) is 0 Å². The van der Waals surface area contributed by atoms with Crippen LogP contribution in [0.4, 0.5) is 10.1 Å². The second kappa shape index (κ2) is 2.97. The van der Waals surface area contributed by atoms with E-state index in [9.17, 15) is 4.39 Å². The highest BCUT2D eigenvalue weighted by Crippen LogP contribution is 2.21. The van der Waals surface area contributed by atoms with Crippen LogP contribution in [-0.4, -0.2) is 6.54 Å². The van der Waals surface area contributed by atoms with E-state index in [4.69, 9.17) is 0 Å². The summed E-state index contributed by atoms with van der Waals surface area (Å²) in [4.78, 5) is 1.93. The molecule has 1 aromatic carbocycles. The summed E-state index contributed by atoms with van der Waals surface area (Å²) in [5.74, 6) is -0.149. The average molecular weight is 163 g/mol. The molecule has 0 radical (unpaired) electrons. The van der Waals surface area contributed by atoms with Crippen molar-refractivity contribution in [1.82, 2.24) is 0 Å². The summed E-state index contributed by atoms with van der Waals surface area (Å²) >= 11 is 0. The topological polar surface area (TPSA) is 3.24 Å². The number of rotatable bonds is 1. The lowest BCUT2D eigenvalue weighted by Crippen LogP contribution is -2.13. The predicted octanol–water partition coefficient (Wildman–Crippen LogP) is 2.55. The highest BCUT2D eigenvalue weighted by molar-refractivity contribution is 5.51. The lowest BCUT2D eigenvalue weighted by Gasteiger charge is -2.15. The van der Waals surface area contributed by atoms with Gasteiger partial charge in [-0.2, -0.15) is 0 Å². The third kappa shape index (κ3) is 1.20. The number of hydrogen-bond donors (Lipinski definition) is 0. The molecule has 0 aromatic heterocycles. The molecule has 0 saturated heterocycles. The van der Waals surface area contributed by atoms with Gasteiger partial charge in [0.2, 0.25) is 0 Å². The van der Waals surface area contributed by atoms with Gasteiger partial charge in [-0.1, -0.05) is 18.2 Å². The van der Waals surface area contributed by atoms with Gasteiger partial charge in [-0.05, 0) is 18.6 Å². The molecule has 0 aliphatic carbocycles. The lowest BCUT2D eigenvalue weighted by molar-refractivity contribution is 0.625. The number of hydrogen-bond acceptors (Lipinski definition) is 1. The Labute approximate surface area is 71.1 Å². The third-order valence-corrected chi connectivity index (χ3v) is 1.98. The minimum atomic E-state index is -0.149. The van der Waals surface area contributed by atoms with Crippen molar-refractivity contribution in [2.45, 2.75) is 6.42 Å². The van der Waals surface area contributed by atoms with E-state index in [1.807, 2.05) is 23.2 Å². The quantitative estimate of drug-likeness (QED) is 0.615. The van der Waals surface area contributed by atoms with Gasteiger partial charge in [0.1, 0.15) is 5.82 Å². The molecule has 2 rings (SSSR count). The molecular formula is C10H10FN. The van der Waals surface area contributed by atoms with E-state index in [1.54, 1.807) is 12.1 Å². The molecule has 12 heavy (non-hydrogen) atoms. The van der Waals surface area contributed by atoms with Crippen LogP contribution >= 0.6 is 0 Å². The molecule has 2 heteroatoms. The van der Waals surface area contributed by atoms with Crippen LogP contribution in [0.5, 0.6) is 0 Å². The van der Waals surface area contributed by atoms with E-state index in [2.05, 4.69) is 0 Å². The maximum absolute atomic E-state index is 13.2. The molecule has 0 saturated carbocycles. The van der Waals surface area contributed by atoms with Gasteiger partial charge in [0.05, 0.1) is 5.69 Å². The monoisotopic (exact) mass is 163 g/mol. The minimum absolute atomic E-state index is 0.149. The van der Waals surface area contributed by atoms with Gasteiger partial charge >= 0.3 is 0 Å². The van der Waals surface area contributed by atoms with Crippen LogP contribution in [0.2, 0.25) is 0 Å². The Kier molecular flexibility index (Phi) is 1.82. The van der Waals surface area contributed by atoms with Crippen molar-refractivity contribution in [3.8, 4) is 0 Å². The van der Waals surface area contributed by atoms with Crippen molar-refractivity contribution < 1.29 is 4.39 Å². The molecule has 1 aromatic rings.